The number of nitriles is 4. The first-order valence-electron chi connectivity index (χ1n) is 11.6. The van der Waals surface area contributed by atoms with E-state index < -0.39 is 43.2 Å². The lowest BCUT2D eigenvalue weighted by Gasteiger charge is -2.33. The monoisotopic (exact) mass is 584 g/mol. The van der Waals surface area contributed by atoms with Crippen molar-refractivity contribution < 1.29 is 14.6 Å². The number of nitro groups is 2. The summed E-state index contributed by atoms with van der Waals surface area (Å²) in [6, 6.07) is 19.6. The molecule has 13 heteroatoms. The molecule has 4 unspecified atom stereocenters. The predicted molar refractivity (Wildman–Crippen MR) is 145 cm³/mol. The lowest BCUT2D eigenvalue weighted by molar-refractivity contribution is -0.516. The van der Waals surface area contributed by atoms with Gasteiger partial charge in [0.15, 0.2) is 0 Å². The van der Waals surface area contributed by atoms with Crippen LogP contribution in [0.4, 0.5) is 0 Å². The first-order chi connectivity index (χ1) is 19.6. The maximum atomic E-state index is 12.0. The molecule has 2 aromatic rings. The van der Waals surface area contributed by atoms with E-state index in [9.17, 15) is 41.3 Å². The molecule has 2 aliphatic rings. The summed E-state index contributed by atoms with van der Waals surface area (Å²) in [5, 5.41) is 63.5. The van der Waals surface area contributed by atoms with Gasteiger partial charge in [0.25, 0.3) is 0 Å². The van der Waals surface area contributed by atoms with Crippen molar-refractivity contribution in [3.63, 3.8) is 0 Å². The average Bonchev–Trinajstić information content (AvgIpc) is 2.98. The Kier molecular flexibility index (Phi) is 7.74. The minimum absolute atomic E-state index is 0.0668. The lowest BCUT2D eigenvalue weighted by atomic mass is 9.83. The number of alkyl halides is 2. The van der Waals surface area contributed by atoms with Crippen molar-refractivity contribution in [3.05, 3.63) is 126 Å². The van der Waals surface area contributed by atoms with Gasteiger partial charge in [-0.2, -0.15) is 21.0 Å². The zero-order chi connectivity index (χ0) is 29.9. The molecule has 0 fully saturated rings. The van der Waals surface area contributed by atoms with Crippen LogP contribution in [-0.2, 0) is 4.74 Å². The Labute approximate surface area is 242 Å². The van der Waals surface area contributed by atoms with Crippen molar-refractivity contribution in [1.82, 2.24) is 0 Å². The molecule has 0 saturated carbocycles. The summed E-state index contributed by atoms with van der Waals surface area (Å²) in [7, 11) is 0. The SMILES string of the molecule is N#CC1=C(c2ccccc2C#N)C(OC2C=CC(Cl)([N+](=O)[O-])C(C#N)=C2c2ccccc2C#N)C=CC1(Cl)[N+](=O)[O-]. The second-order valence-electron chi connectivity index (χ2n) is 8.67. The molecule has 0 heterocycles. The van der Waals surface area contributed by atoms with Crippen LogP contribution in [-0.4, -0.2) is 32.1 Å². The van der Waals surface area contributed by atoms with E-state index in [1.165, 1.54) is 36.4 Å². The first-order valence-corrected chi connectivity index (χ1v) is 12.3. The van der Waals surface area contributed by atoms with Crippen LogP contribution in [0.1, 0.15) is 22.3 Å². The third-order valence-corrected chi connectivity index (χ3v) is 7.42. The second-order valence-corrected chi connectivity index (χ2v) is 9.82. The van der Waals surface area contributed by atoms with Crippen LogP contribution in [0, 0.1) is 65.6 Å². The largest absolute Gasteiger partial charge is 0.357 e. The normalized spacial score (nSPS) is 25.0. The van der Waals surface area contributed by atoms with Crippen molar-refractivity contribution >= 4 is 34.3 Å². The van der Waals surface area contributed by atoms with Gasteiger partial charge in [-0.05, 0) is 58.6 Å². The molecular weight excluding hydrogens is 571 g/mol. The number of rotatable bonds is 6. The molecule has 0 bridgehead atoms. The van der Waals surface area contributed by atoms with Crippen molar-refractivity contribution in [1.29, 1.82) is 21.0 Å². The van der Waals surface area contributed by atoms with Gasteiger partial charge in [-0.3, -0.25) is 20.2 Å². The van der Waals surface area contributed by atoms with Crippen LogP contribution in [0.25, 0.3) is 11.1 Å². The molecule has 0 saturated heterocycles. The number of ether oxygens (including phenoxy) is 1. The molecule has 0 spiro atoms. The predicted octanol–water partition coefficient (Wildman–Crippen LogP) is 5.00. The fourth-order valence-corrected chi connectivity index (χ4v) is 5.06. The van der Waals surface area contributed by atoms with Gasteiger partial charge in [0, 0.05) is 23.3 Å². The van der Waals surface area contributed by atoms with E-state index in [-0.39, 0.29) is 33.4 Å². The third kappa shape index (κ3) is 4.72. The molecule has 4 atom stereocenters. The van der Waals surface area contributed by atoms with Gasteiger partial charge in [-0.1, -0.05) is 36.4 Å². The van der Waals surface area contributed by atoms with Gasteiger partial charge in [-0.25, -0.2) is 0 Å². The molecule has 11 nitrogen and oxygen atoms in total. The van der Waals surface area contributed by atoms with Gasteiger partial charge in [0.1, 0.15) is 35.5 Å². The highest BCUT2D eigenvalue weighted by Crippen LogP contribution is 2.45. The minimum atomic E-state index is -2.48. The molecule has 41 heavy (non-hydrogen) atoms. The molecule has 0 aliphatic heterocycles. The van der Waals surface area contributed by atoms with Crippen LogP contribution in [0.15, 0.2) is 84.0 Å². The summed E-state index contributed by atoms with van der Waals surface area (Å²) in [4.78, 5) is 17.2. The molecule has 0 amide bonds. The van der Waals surface area contributed by atoms with Crippen LogP contribution in [0.5, 0.6) is 0 Å². The molecule has 200 valence electrons. The maximum absolute atomic E-state index is 12.0. The van der Waals surface area contributed by atoms with Crippen LogP contribution in [0.2, 0.25) is 0 Å². The Morgan fingerprint density at radius 1 is 0.683 bits per heavy atom. The number of nitrogens with zero attached hydrogens (tertiary/aromatic N) is 6. The Balaban J connectivity index is 1.98. The zero-order valence-corrected chi connectivity index (χ0v) is 22.1. The lowest BCUT2D eigenvalue weighted by Crippen LogP contribution is -2.40. The summed E-state index contributed by atoms with van der Waals surface area (Å²) >= 11 is 12.6. The molecular formula is C28H14Cl2N6O5. The topological polar surface area (TPSA) is 191 Å². The molecule has 0 N–H and O–H groups in total. The first kappa shape index (κ1) is 28.7. The second kappa shape index (κ2) is 11.1. The van der Waals surface area contributed by atoms with Gasteiger partial charge in [-0.15, -0.1) is 0 Å². The summed E-state index contributed by atoms with van der Waals surface area (Å²) in [6.45, 7) is 0. The van der Waals surface area contributed by atoms with E-state index in [1.807, 2.05) is 12.1 Å². The number of halogens is 2. The molecule has 2 aromatic carbocycles. The fraction of sp³-hybridized carbons (Fsp3) is 0.143. The highest BCUT2D eigenvalue weighted by Gasteiger charge is 2.51. The average molecular weight is 585 g/mol. The van der Waals surface area contributed by atoms with Gasteiger partial charge in [0.05, 0.1) is 33.1 Å². The van der Waals surface area contributed by atoms with Gasteiger partial charge in [0.2, 0.25) is 0 Å². The molecule has 2 aliphatic carbocycles. The standard InChI is InChI=1S/C28H14Cl2N6O5/c29-27(35(37)38)11-9-23(25(21(27)15-33)19-7-3-1-5-17(19)13-31)41-24-10-12-28(30,36(39)40)22(16-34)26(24)20-8-4-2-6-18(20)14-32/h1-12,23-24H. The van der Waals surface area contributed by atoms with E-state index in [4.69, 9.17) is 27.9 Å². The van der Waals surface area contributed by atoms with E-state index in [0.29, 0.717) is 0 Å². The summed E-state index contributed by atoms with van der Waals surface area (Å²) in [5.74, 6) is 0. The van der Waals surface area contributed by atoms with Crippen LogP contribution < -0.4 is 0 Å². The smallest absolute Gasteiger partial charge is 0.349 e. The minimum Gasteiger partial charge on any atom is -0.357 e. The van der Waals surface area contributed by atoms with Gasteiger partial charge >= 0.3 is 10.00 Å². The highest BCUT2D eigenvalue weighted by molar-refractivity contribution is 6.28. The third-order valence-electron chi connectivity index (χ3n) is 6.52. The zero-order valence-electron chi connectivity index (χ0n) is 20.6. The van der Waals surface area contributed by atoms with Crippen LogP contribution in [0.3, 0.4) is 0 Å². The van der Waals surface area contributed by atoms with E-state index in [2.05, 4.69) is 0 Å². The number of hydrogen-bond donors (Lipinski definition) is 0. The molecule has 0 radical (unpaired) electrons. The van der Waals surface area contributed by atoms with Crippen molar-refractivity contribution in [2.45, 2.75) is 22.2 Å². The summed E-state index contributed by atoms with van der Waals surface area (Å²) in [6.07, 6.45) is 1.83. The Morgan fingerprint density at radius 3 is 1.37 bits per heavy atom. The van der Waals surface area contributed by atoms with E-state index in [0.717, 1.165) is 12.2 Å². The fourth-order valence-electron chi connectivity index (χ4n) is 4.62. The summed E-state index contributed by atoms with van der Waals surface area (Å²) < 4.78 is 6.30. The maximum Gasteiger partial charge on any atom is 0.349 e. The van der Waals surface area contributed by atoms with E-state index >= 15 is 0 Å². The number of benzene rings is 2. The van der Waals surface area contributed by atoms with Crippen molar-refractivity contribution in [3.8, 4) is 24.3 Å². The quantitative estimate of drug-likeness (QED) is 0.148. The summed E-state index contributed by atoms with van der Waals surface area (Å²) in [5.41, 5.74) is -0.805. The Hall–Kier alpha value is -5.30. The number of hydrogen-bond acceptors (Lipinski definition) is 9. The highest BCUT2D eigenvalue weighted by atomic mass is 35.5. The van der Waals surface area contributed by atoms with Gasteiger partial charge < -0.3 is 4.74 Å². The van der Waals surface area contributed by atoms with Crippen LogP contribution >= 0.6 is 23.2 Å². The van der Waals surface area contributed by atoms with Crippen molar-refractivity contribution in [2.24, 2.45) is 0 Å². The van der Waals surface area contributed by atoms with Crippen molar-refractivity contribution in [2.75, 3.05) is 0 Å². The Bertz CT molecular complexity index is 1660. The van der Waals surface area contributed by atoms with E-state index in [1.54, 1.807) is 36.4 Å². The molecule has 0 aromatic heterocycles. The Morgan fingerprint density at radius 2 is 1.05 bits per heavy atom. The molecule has 4 rings (SSSR count).